The van der Waals surface area contributed by atoms with E-state index in [0.717, 1.165) is 10.1 Å². The molecule has 106 valence electrons. The highest BCUT2D eigenvalue weighted by Gasteiger charge is 2.31. The van der Waals surface area contributed by atoms with Crippen molar-refractivity contribution in [3.63, 3.8) is 0 Å². The SMILES string of the molecule is CCC(C)(CNC(=O)c1cc2ccccc2s1)C(=O)O. The van der Waals surface area contributed by atoms with Gasteiger partial charge in [0.1, 0.15) is 0 Å². The molecule has 1 atom stereocenters. The van der Waals surface area contributed by atoms with Gasteiger partial charge in [-0.25, -0.2) is 0 Å². The van der Waals surface area contributed by atoms with E-state index in [1.54, 1.807) is 13.8 Å². The summed E-state index contributed by atoms with van der Waals surface area (Å²) >= 11 is 1.41. The van der Waals surface area contributed by atoms with Crippen molar-refractivity contribution in [3.05, 3.63) is 35.2 Å². The van der Waals surface area contributed by atoms with Crippen LogP contribution in [0.3, 0.4) is 0 Å². The maximum atomic E-state index is 12.1. The van der Waals surface area contributed by atoms with Crippen molar-refractivity contribution in [1.29, 1.82) is 0 Å². The fourth-order valence-electron chi connectivity index (χ4n) is 1.81. The number of amides is 1. The molecule has 0 bridgehead atoms. The number of benzene rings is 1. The maximum absolute atomic E-state index is 12.1. The van der Waals surface area contributed by atoms with Gasteiger partial charge in [0.15, 0.2) is 0 Å². The van der Waals surface area contributed by atoms with Gasteiger partial charge in [0.25, 0.3) is 5.91 Å². The first kappa shape index (κ1) is 14.5. The Morgan fingerprint density at radius 3 is 2.65 bits per heavy atom. The molecule has 1 unspecified atom stereocenters. The van der Waals surface area contributed by atoms with Crippen LogP contribution in [-0.4, -0.2) is 23.5 Å². The predicted octanol–water partition coefficient (Wildman–Crippen LogP) is 3.13. The fraction of sp³-hybridized carbons (Fsp3) is 0.333. The summed E-state index contributed by atoms with van der Waals surface area (Å²) in [6, 6.07) is 9.61. The zero-order valence-corrected chi connectivity index (χ0v) is 12.3. The molecule has 1 aromatic carbocycles. The monoisotopic (exact) mass is 291 g/mol. The van der Waals surface area contributed by atoms with E-state index in [9.17, 15) is 14.7 Å². The van der Waals surface area contributed by atoms with Gasteiger partial charge in [-0.1, -0.05) is 25.1 Å². The van der Waals surface area contributed by atoms with Crippen LogP contribution in [0.2, 0.25) is 0 Å². The second-order valence-electron chi connectivity index (χ2n) is 5.05. The summed E-state index contributed by atoms with van der Waals surface area (Å²) in [6.45, 7) is 3.58. The van der Waals surface area contributed by atoms with Gasteiger partial charge in [0.05, 0.1) is 10.3 Å². The number of carboxylic acid groups (broad SMARTS) is 1. The van der Waals surface area contributed by atoms with Gasteiger partial charge in [-0.05, 0) is 30.9 Å². The lowest BCUT2D eigenvalue weighted by Crippen LogP contribution is -2.40. The summed E-state index contributed by atoms with van der Waals surface area (Å²) < 4.78 is 1.05. The lowest BCUT2D eigenvalue weighted by Gasteiger charge is -2.22. The van der Waals surface area contributed by atoms with Gasteiger partial charge in [0, 0.05) is 11.2 Å². The zero-order chi connectivity index (χ0) is 14.8. The molecule has 0 saturated carbocycles. The van der Waals surface area contributed by atoms with E-state index >= 15 is 0 Å². The quantitative estimate of drug-likeness (QED) is 0.889. The van der Waals surface area contributed by atoms with Crippen molar-refractivity contribution in [2.24, 2.45) is 5.41 Å². The molecule has 0 fully saturated rings. The number of fused-ring (bicyclic) bond motifs is 1. The molecule has 5 heteroatoms. The molecular formula is C15H17NO3S. The van der Waals surface area contributed by atoms with Crippen LogP contribution in [0, 0.1) is 5.41 Å². The zero-order valence-electron chi connectivity index (χ0n) is 11.5. The number of hydrogen-bond donors (Lipinski definition) is 2. The predicted molar refractivity (Wildman–Crippen MR) is 80.2 cm³/mol. The van der Waals surface area contributed by atoms with Crippen molar-refractivity contribution >= 4 is 33.3 Å². The highest BCUT2D eigenvalue weighted by Crippen LogP contribution is 2.26. The molecule has 2 rings (SSSR count). The maximum Gasteiger partial charge on any atom is 0.311 e. The second kappa shape index (κ2) is 5.63. The lowest BCUT2D eigenvalue weighted by atomic mass is 9.88. The van der Waals surface area contributed by atoms with Crippen LogP contribution in [-0.2, 0) is 4.79 Å². The Morgan fingerprint density at radius 1 is 1.35 bits per heavy atom. The average Bonchev–Trinajstić information content (AvgIpc) is 2.88. The van der Waals surface area contributed by atoms with E-state index in [1.807, 2.05) is 30.3 Å². The molecule has 1 amide bonds. The third-order valence-corrected chi connectivity index (χ3v) is 4.70. The van der Waals surface area contributed by atoms with Gasteiger partial charge < -0.3 is 10.4 Å². The van der Waals surface area contributed by atoms with Crippen molar-refractivity contribution in [3.8, 4) is 0 Å². The van der Waals surface area contributed by atoms with Crippen molar-refractivity contribution in [2.45, 2.75) is 20.3 Å². The van der Waals surface area contributed by atoms with Gasteiger partial charge in [-0.3, -0.25) is 9.59 Å². The minimum Gasteiger partial charge on any atom is -0.481 e. The normalized spacial score (nSPS) is 13.9. The molecule has 20 heavy (non-hydrogen) atoms. The molecule has 2 N–H and O–H groups in total. The summed E-state index contributed by atoms with van der Waals surface area (Å²) in [7, 11) is 0. The number of aliphatic carboxylic acids is 1. The summed E-state index contributed by atoms with van der Waals surface area (Å²) in [5.41, 5.74) is -0.924. The van der Waals surface area contributed by atoms with Gasteiger partial charge in [-0.15, -0.1) is 11.3 Å². The number of nitrogens with one attached hydrogen (secondary N) is 1. The van der Waals surface area contributed by atoms with Crippen molar-refractivity contribution in [1.82, 2.24) is 5.32 Å². The van der Waals surface area contributed by atoms with Crippen LogP contribution < -0.4 is 5.32 Å². The third kappa shape index (κ3) is 2.82. The molecule has 0 aliphatic carbocycles. The van der Waals surface area contributed by atoms with E-state index in [1.165, 1.54) is 11.3 Å². The molecule has 4 nitrogen and oxygen atoms in total. The number of carbonyl (C=O) groups excluding carboxylic acids is 1. The van der Waals surface area contributed by atoms with E-state index in [-0.39, 0.29) is 12.5 Å². The van der Waals surface area contributed by atoms with E-state index in [2.05, 4.69) is 5.32 Å². The fourth-order valence-corrected chi connectivity index (χ4v) is 2.79. The average molecular weight is 291 g/mol. The van der Waals surface area contributed by atoms with Crippen molar-refractivity contribution in [2.75, 3.05) is 6.54 Å². The molecule has 0 radical (unpaired) electrons. The van der Waals surface area contributed by atoms with Crippen LogP contribution >= 0.6 is 11.3 Å². The van der Waals surface area contributed by atoms with Crippen LogP contribution in [0.4, 0.5) is 0 Å². The second-order valence-corrected chi connectivity index (χ2v) is 6.13. The Balaban J connectivity index is 2.10. The van der Waals surface area contributed by atoms with E-state index in [4.69, 9.17) is 0 Å². The highest BCUT2D eigenvalue weighted by atomic mass is 32.1. The van der Waals surface area contributed by atoms with E-state index in [0.29, 0.717) is 11.3 Å². The summed E-state index contributed by atoms with van der Waals surface area (Å²) in [6.07, 6.45) is 0.467. The van der Waals surface area contributed by atoms with Gasteiger partial charge in [0.2, 0.25) is 0 Å². The number of hydrogen-bond acceptors (Lipinski definition) is 3. The Kier molecular flexibility index (Phi) is 4.09. The topological polar surface area (TPSA) is 66.4 Å². The van der Waals surface area contributed by atoms with Crippen LogP contribution in [0.5, 0.6) is 0 Å². The largest absolute Gasteiger partial charge is 0.481 e. The minimum absolute atomic E-state index is 0.131. The number of rotatable bonds is 5. The number of thiophene rings is 1. The minimum atomic E-state index is -0.924. The number of carboxylic acids is 1. The Labute approximate surface area is 121 Å². The summed E-state index contributed by atoms with van der Waals surface area (Å²) in [5.74, 6) is -1.11. The van der Waals surface area contributed by atoms with Crippen LogP contribution in [0.1, 0.15) is 29.9 Å². The first-order chi connectivity index (χ1) is 9.46. The molecular weight excluding hydrogens is 274 g/mol. The Hall–Kier alpha value is -1.88. The smallest absolute Gasteiger partial charge is 0.311 e. The molecule has 0 aliphatic rings. The first-order valence-corrected chi connectivity index (χ1v) is 7.28. The number of carbonyl (C=O) groups is 2. The standard InChI is InChI=1S/C15H17NO3S/c1-3-15(2,14(18)19)9-16-13(17)12-8-10-6-4-5-7-11(10)20-12/h4-8H,3,9H2,1-2H3,(H,16,17)(H,18,19). The Morgan fingerprint density at radius 2 is 2.05 bits per heavy atom. The van der Waals surface area contributed by atoms with Crippen LogP contribution in [0.15, 0.2) is 30.3 Å². The molecule has 0 aliphatic heterocycles. The highest BCUT2D eigenvalue weighted by molar-refractivity contribution is 7.20. The first-order valence-electron chi connectivity index (χ1n) is 6.46. The van der Waals surface area contributed by atoms with E-state index < -0.39 is 11.4 Å². The molecule has 0 saturated heterocycles. The molecule has 0 spiro atoms. The summed E-state index contributed by atoms with van der Waals surface area (Å²) in [4.78, 5) is 23.9. The molecule has 2 aromatic rings. The lowest BCUT2D eigenvalue weighted by molar-refractivity contribution is -0.147. The van der Waals surface area contributed by atoms with Crippen LogP contribution in [0.25, 0.3) is 10.1 Å². The molecule has 1 aromatic heterocycles. The summed E-state index contributed by atoms with van der Waals surface area (Å²) in [5, 5.41) is 12.9. The third-order valence-electron chi connectivity index (χ3n) is 3.59. The Bertz CT molecular complexity index is 616. The molecule has 1 heterocycles. The van der Waals surface area contributed by atoms with Crippen molar-refractivity contribution < 1.29 is 14.7 Å². The van der Waals surface area contributed by atoms with Gasteiger partial charge >= 0.3 is 5.97 Å². The van der Waals surface area contributed by atoms with Gasteiger partial charge in [-0.2, -0.15) is 0 Å².